The highest BCUT2D eigenvalue weighted by Gasteiger charge is 2.16. The summed E-state index contributed by atoms with van der Waals surface area (Å²) in [5.74, 6) is 3.43. The quantitative estimate of drug-likeness (QED) is 0.698. The highest BCUT2D eigenvalue weighted by Crippen LogP contribution is 2.33. The molecule has 0 amide bonds. The molecule has 74 valence electrons. The molecule has 0 aliphatic carbocycles. The van der Waals surface area contributed by atoms with Gasteiger partial charge in [0, 0.05) is 5.75 Å². The lowest BCUT2D eigenvalue weighted by molar-refractivity contribution is -0.107. The van der Waals surface area contributed by atoms with Crippen molar-refractivity contribution in [3.8, 4) is 0 Å². The molecular weight excluding hydrogens is 220 g/mol. The molecule has 1 aliphatic heterocycles. The Hall–Kier alpha value is 0.460. The van der Waals surface area contributed by atoms with E-state index in [0.717, 1.165) is 5.75 Å². The second-order valence-corrected chi connectivity index (χ2v) is 6.82. The average molecular weight is 234 g/mol. The smallest absolute Gasteiger partial charge is 0.214 e. The SMILES string of the molecule is C=C(C)C(=O)SCC1SCCCS1. The highest BCUT2D eigenvalue weighted by atomic mass is 32.2. The predicted molar refractivity (Wildman–Crippen MR) is 65.6 cm³/mol. The lowest BCUT2D eigenvalue weighted by Crippen LogP contribution is -2.10. The molecule has 0 saturated carbocycles. The number of carbonyl (C=O) groups excluding carboxylic acids is 1. The summed E-state index contributed by atoms with van der Waals surface area (Å²) < 4.78 is 0.613. The summed E-state index contributed by atoms with van der Waals surface area (Å²) >= 11 is 5.37. The maximum atomic E-state index is 11.2. The van der Waals surface area contributed by atoms with Gasteiger partial charge in [-0.15, -0.1) is 23.5 Å². The van der Waals surface area contributed by atoms with E-state index in [-0.39, 0.29) is 5.12 Å². The first kappa shape index (κ1) is 11.5. The molecule has 0 aromatic rings. The lowest BCUT2D eigenvalue weighted by Gasteiger charge is -2.19. The van der Waals surface area contributed by atoms with Crippen molar-refractivity contribution in [3.05, 3.63) is 12.2 Å². The fraction of sp³-hybridized carbons (Fsp3) is 0.667. The van der Waals surface area contributed by atoms with Crippen LogP contribution >= 0.6 is 35.3 Å². The summed E-state index contributed by atoms with van der Waals surface area (Å²) in [6.45, 7) is 5.41. The van der Waals surface area contributed by atoms with Gasteiger partial charge in [0.25, 0.3) is 0 Å². The number of rotatable bonds is 3. The van der Waals surface area contributed by atoms with Gasteiger partial charge in [0.2, 0.25) is 5.12 Å². The molecule has 0 aromatic heterocycles. The fourth-order valence-electron chi connectivity index (χ4n) is 0.900. The van der Waals surface area contributed by atoms with Gasteiger partial charge in [-0.2, -0.15) is 0 Å². The van der Waals surface area contributed by atoms with E-state index in [0.29, 0.717) is 10.2 Å². The average Bonchev–Trinajstić information content (AvgIpc) is 2.15. The minimum Gasteiger partial charge on any atom is -0.282 e. The van der Waals surface area contributed by atoms with Crippen LogP contribution in [0.3, 0.4) is 0 Å². The number of thioether (sulfide) groups is 3. The Morgan fingerprint density at radius 3 is 2.69 bits per heavy atom. The van der Waals surface area contributed by atoms with Crippen LogP contribution in [0.5, 0.6) is 0 Å². The molecule has 0 unspecified atom stereocenters. The van der Waals surface area contributed by atoms with Crippen molar-refractivity contribution >= 4 is 40.4 Å². The van der Waals surface area contributed by atoms with Gasteiger partial charge in [0.1, 0.15) is 0 Å². The molecule has 4 heteroatoms. The van der Waals surface area contributed by atoms with Crippen LogP contribution in [-0.2, 0) is 4.79 Å². The largest absolute Gasteiger partial charge is 0.282 e. The van der Waals surface area contributed by atoms with E-state index in [9.17, 15) is 4.79 Å². The second kappa shape index (κ2) is 6.04. The zero-order valence-electron chi connectivity index (χ0n) is 7.75. The molecule has 1 rings (SSSR count). The topological polar surface area (TPSA) is 17.1 Å². The van der Waals surface area contributed by atoms with Crippen LogP contribution in [0.4, 0.5) is 0 Å². The molecule has 0 aromatic carbocycles. The maximum Gasteiger partial charge on any atom is 0.214 e. The molecule has 1 heterocycles. The van der Waals surface area contributed by atoms with Crippen molar-refractivity contribution in [1.29, 1.82) is 0 Å². The first-order chi connectivity index (χ1) is 6.20. The molecule has 0 atom stereocenters. The Bertz CT molecular complexity index is 197. The van der Waals surface area contributed by atoms with Crippen molar-refractivity contribution in [2.45, 2.75) is 17.9 Å². The lowest BCUT2D eigenvalue weighted by atomic mass is 10.4. The van der Waals surface area contributed by atoms with Crippen LogP contribution < -0.4 is 0 Å². The van der Waals surface area contributed by atoms with E-state index in [1.807, 2.05) is 23.5 Å². The van der Waals surface area contributed by atoms with Gasteiger partial charge in [0.15, 0.2) is 0 Å². The van der Waals surface area contributed by atoms with Gasteiger partial charge in [-0.3, -0.25) is 4.79 Å². The van der Waals surface area contributed by atoms with E-state index < -0.39 is 0 Å². The van der Waals surface area contributed by atoms with Crippen molar-refractivity contribution in [1.82, 2.24) is 0 Å². The van der Waals surface area contributed by atoms with Crippen molar-refractivity contribution < 1.29 is 4.79 Å². The Morgan fingerprint density at radius 2 is 2.15 bits per heavy atom. The zero-order valence-corrected chi connectivity index (χ0v) is 10.2. The molecule has 13 heavy (non-hydrogen) atoms. The predicted octanol–water partition coefficient (Wildman–Crippen LogP) is 3.02. The highest BCUT2D eigenvalue weighted by molar-refractivity contribution is 8.20. The standard InChI is InChI=1S/C9H14OS3/c1-7(2)9(10)13-6-8-11-4-3-5-12-8/h8H,1,3-6H2,2H3. The molecule has 1 fully saturated rings. The van der Waals surface area contributed by atoms with Crippen LogP contribution in [0.2, 0.25) is 0 Å². The van der Waals surface area contributed by atoms with Gasteiger partial charge in [0.05, 0.1) is 4.58 Å². The number of carbonyl (C=O) groups is 1. The number of hydrogen-bond acceptors (Lipinski definition) is 4. The number of hydrogen-bond donors (Lipinski definition) is 0. The summed E-state index contributed by atoms with van der Waals surface area (Å²) in [6.07, 6.45) is 1.31. The van der Waals surface area contributed by atoms with Gasteiger partial charge in [-0.25, -0.2) is 0 Å². The zero-order chi connectivity index (χ0) is 9.68. The maximum absolute atomic E-state index is 11.2. The summed E-state index contributed by atoms with van der Waals surface area (Å²) in [6, 6.07) is 0. The third-order valence-electron chi connectivity index (χ3n) is 1.60. The third kappa shape index (κ3) is 4.47. The molecule has 0 N–H and O–H groups in total. The normalized spacial score (nSPS) is 18.5. The van der Waals surface area contributed by atoms with Crippen LogP contribution in [0.1, 0.15) is 13.3 Å². The molecule has 1 saturated heterocycles. The summed E-state index contributed by atoms with van der Waals surface area (Å²) in [5.41, 5.74) is 0.663. The Labute approximate surface area is 92.5 Å². The second-order valence-electron chi connectivity index (χ2n) is 2.90. The van der Waals surface area contributed by atoms with E-state index in [2.05, 4.69) is 6.58 Å². The fourth-order valence-corrected chi connectivity index (χ4v) is 4.90. The Balaban J connectivity index is 2.17. The van der Waals surface area contributed by atoms with Gasteiger partial charge < -0.3 is 0 Å². The van der Waals surface area contributed by atoms with E-state index in [4.69, 9.17) is 0 Å². The molecule has 1 nitrogen and oxygen atoms in total. The van der Waals surface area contributed by atoms with Crippen LogP contribution in [0.25, 0.3) is 0 Å². The van der Waals surface area contributed by atoms with Crippen molar-refractivity contribution in [3.63, 3.8) is 0 Å². The molecule has 1 aliphatic rings. The van der Waals surface area contributed by atoms with E-state index >= 15 is 0 Å². The summed E-state index contributed by atoms with van der Waals surface area (Å²) in [5, 5.41) is 0.145. The van der Waals surface area contributed by atoms with E-state index in [1.54, 1.807) is 6.92 Å². The van der Waals surface area contributed by atoms with Crippen molar-refractivity contribution in [2.75, 3.05) is 17.3 Å². The van der Waals surface area contributed by atoms with Gasteiger partial charge in [-0.1, -0.05) is 18.3 Å². The minimum absolute atomic E-state index is 0.145. The summed E-state index contributed by atoms with van der Waals surface area (Å²) in [7, 11) is 0. The molecular formula is C9H14OS3. The summed E-state index contributed by atoms with van der Waals surface area (Å²) in [4.78, 5) is 11.2. The van der Waals surface area contributed by atoms with Crippen LogP contribution in [0.15, 0.2) is 12.2 Å². The first-order valence-electron chi connectivity index (χ1n) is 4.26. The third-order valence-corrected chi connectivity index (χ3v) is 6.07. The first-order valence-corrected chi connectivity index (χ1v) is 7.34. The Kier molecular flexibility index (Phi) is 5.36. The van der Waals surface area contributed by atoms with Crippen molar-refractivity contribution in [2.24, 2.45) is 0 Å². The van der Waals surface area contributed by atoms with Gasteiger partial charge in [-0.05, 0) is 30.4 Å². The van der Waals surface area contributed by atoms with Crippen LogP contribution in [0, 0.1) is 0 Å². The minimum atomic E-state index is 0.145. The molecule has 0 radical (unpaired) electrons. The molecule has 0 bridgehead atoms. The van der Waals surface area contributed by atoms with Gasteiger partial charge >= 0.3 is 0 Å². The van der Waals surface area contributed by atoms with Crippen LogP contribution in [-0.4, -0.2) is 27.0 Å². The Morgan fingerprint density at radius 1 is 1.54 bits per heavy atom. The monoisotopic (exact) mass is 234 g/mol. The molecule has 0 spiro atoms. The van der Waals surface area contributed by atoms with E-state index in [1.165, 1.54) is 29.7 Å².